The third-order valence-electron chi connectivity index (χ3n) is 8.21. The number of halogens is 7. The third-order valence-corrected chi connectivity index (χ3v) is 8.21. The lowest BCUT2D eigenvalue weighted by atomic mass is 9.69. The van der Waals surface area contributed by atoms with Gasteiger partial charge in [0.05, 0.1) is 23.3 Å². The Labute approximate surface area is 228 Å². The molecule has 2 fully saturated rings. The Morgan fingerprint density at radius 1 is 0.825 bits per heavy atom. The molecule has 3 aromatic carbocycles. The van der Waals surface area contributed by atoms with E-state index in [2.05, 4.69) is 17.0 Å². The van der Waals surface area contributed by atoms with Crippen molar-refractivity contribution in [3.05, 3.63) is 106 Å². The lowest BCUT2D eigenvalue weighted by Crippen LogP contribution is -2.38. The van der Waals surface area contributed by atoms with Crippen LogP contribution in [0.5, 0.6) is 0 Å². The predicted octanol–water partition coefficient (Wildman–Crippen LogP) is 8.64. The average Bonchev–Trinajstić information content (AvgIpc) is 3.31. The Kier molecular flexibility index (Phi) is 7.99. The second-order valence-corrected chi connectivity index (χ2v) is 10.9. The standard InChI is InChI=1S/C31H30F7NO/c1-19(23-13-24(30(33,34)35)15-25(14-23)31(36,37)38)40-28-12-9-22-17-39(16-20-5-3-2-4-6-20)18-27(22)29(28)21-7-10-26(32)11-8-21/h2-8,10-11,13-15,19,22,27-29H,9,12,16-18H2,1H3/t19-,22-,27-,28+,29+/m1/s1. The van der Waals surface area contributed by atoms with Crippen LogP contribution >= 0.6 is 0 Å². The second kappa shape index (κ2) is 11.2. The van der Waals surface area contributed by atoms with E-state index in [0.717, 1.165) is 43.8 Å². The number of ether oxygens (including phenoxy) is 1. The van der Waals surface area contributed by atoms with Crippen molar-refractivity contribution < 1.29 is 35.5 Å². The van der Waals surface area contributed by atoms with Gasteiger partial charge in [0.15, 0.2) is 0 Å². The Morgan fingerprint density at radius 3 is 2.05 bits per heavy atom. The summed E-state index contributed by atoms with van der Waals surface area (Å²) < 4.78 is 101. The molecule has 5 atom stereocenters. The number of hydrogen-bond acceptors (Lipinski definition) is 2. The molecule has 2 aliphatic rings. The van der Waals surface area contributed by atoms with Crippen LogP contribution in [0.4, 0.5) is 30.7 Å². The molecular formula is C31H30F7NO. The lowest BCUT2D eigenvalue weighted by molar-refractivity contribution is -0.143. The van der Waals surface area contributed by atoms with Crippen molar-refractivity contribution in [2.45, 2.75) is 56.8 Å². The molecule has 0 unspecified atom stereocenters. The highest BCUT2D eigenvalue weighted by atomic mass is 19.4. The number of rotatable bonds is 6. The number of likely N-dealkylation sites (tertiary alicyclic amines) is 1. The van der Waals surface area contributed by atoms with Gasteiger partial charge in [-0.3, -0.25) is 4.90 Å². The highest BCUT2D eigenvalue weighted by molar-refractivity contribution is 5.35. The van der Waals surface area contributed by atoms with Gasteiger partial charge in [-0.2, -0.15) is 26.3 Å². The van der Waals surface area contributed by atoms with Crippen LogP contribution in [0, 0.1) is 17.7 Å². The number of benzene rings is 3. The van der Waals surface area contributed by atoms with E-state index in [1.165, 1.54) is 24.6 Å². The van der Waals surface area contributed by atoms with E-state index in [0.29, 0.717) is 12.3 Å². The monoisotopic (exact) mass is 565 g/mol. The van der Waals surface area contributed by atoms with Gasteiger partial charge in [-0.05, 0) is 78.6 Å². The van der Waals surface area contributed by atoms with Crippen molar-refractivity contribution in [3.63, 3.8) is 0 Å². The molecule has 0 N–H and O–H groups in total. The first-order chi connectivity index (χ1) is 18.9. The lowest BCUT2D eigenvalue weighted by Gasteiger charge is -2.41. The SMILES string of the molecule is C[C@@H](O[C@H]1CC[C@@H]2CN(Cc3ccccc3)C[C@H]2[C@@H]1c1ccc(F)cc1)c1cc(C(F)(F)F)cc(C(F)(F)F)c1. The third kappa shape index (κ3) is 6.36. The zero-order valence-corrected chi connectivity index (χ0v) is 21.9. The molecule has 2 nitrogen and oxygen atoms in total. The van der Waals surface area contributed by atoms with Gasteiger partial charge in [-0.15, -0.1) is 0 Å². The molecule has 3 aromatic rings. The zero-order chi connectivity index (χ0) is 28.7. The van der Waals surface area contributed by atoms with Crippen molar-refractivity contribution in [2.75, 3.05) is 13.1 Å². The molecule has 214 valence electrons. The molecule has 1 aliphatic heterocycles. The Balaban J connectivity index is 1.42. The Hall–Kier alpha value is -2.91. The molecule has 40 heavy (non-hydrogen) atoms. The molecule has 0 aromatic heterocycles. The van der Waals surface area contributed by atoms with Gasteiger partial charge in [-0.25, -0.2) is 4.39 Å². The number of alkyl halides is 6. The molecule has 5 rings (SSSR count). The molecule has 0 amide bonds. The normalized spacial score (nSPS) is 24.6. The largest absolute Gasteiger partial charge is 0.416 e. The van der Waals surface area contributed by atoms with Crippen LogP contribution in [0.1, 0.15) is 59.6 Å². The molecule has 1 saturated carbocycles. The summed E-state index contributed by atoms with van der Waals surface area (Å²) in [4.78, 5) is 2.37. The Bertz CT molecular complexity index is 1260. The maximum Gasteiger partial charge on any atom is 0.416 e. The van der Waals surface area contributed by atoms with Gasteiger partial charge in [0.2, 0.25) is 0 Å². The average molecular weight is 566 g/mol. The van der Waals surface area contributed by atoms with E-state index in [1.54, 1.807) is 12.1 Å². The minimum Gasteiger partial charge on any atom is -0.370 e. The van der Waals surface area contributed by atoms with Crippen molar-refractivity contribution in [1.29, 1.82) is 0 Å². The van der Waals surface area contributed by atoms with E-state index in [9.17, 15) is 30.7 Å². The van der Waals surface area contributed by atoms with E-state index in [1.807, 2.05) is 18.2 Å². The summed E-state index contributed by atoms with van der Waals surface area (Å²) in [7, 11) is 0. The fourth-order valence-corrected chi connectivity index (χ4v) is 6.36. The van der Waals surface area contributed by atoms with Gasteiger partial charge in [0, 0.05) is 25.6 Å². The fourth-order valence-electron chi connectivity index (χ4n) is 6.36. The smallest absolute Gasteiger partial charge is 0.370 e. The molecule has 1 heterocycles. The summed E-state index contributed by atoms with van der Waals surface area (Å²) in [6.45, 7) is 3.90. The predicted molar refractivity (Wildman–Crippen MR) is 137 cm³/mol. The minimum atomic E-state index is -4.93. The summed E-state index contributed by atoms with van der Waals surface area (Å²) in [5.41, 5.74) is -0.863. The number of nitrogens with zero attached hydrogens (tertiary/aromatic N) is 1. The minimum absolute atomic E-state index is 0.128. The van der Waals surface area contributed by atoms with Crippen molar-refractivity contribution in [1.82, 2.24) is 4.90 Å². The molecule has 9 heteroatoms. The van der Waals surface area contributed by atoms with Crippen LogP contribution in [-0.4, -0.2) is 24.1 Å². The molecule has 1 aliphatic carbocycles. The van der Waals surface area contributed by atoms with Crippen LogP contribution in [0.25, 0.3) is 0 Å². The van der Waals surface area contributed by atoms with Gasteiger partial charge < -0.3 is 4.74 Å². The van der Waals surface area contributed by atoms with Crippen molar-refractivity contribution in [3.8, 4) is 0 Å². The first-order valence-corrected chi connectivity index (χ1v) is 13.3. The summed E-state index contributed by atoms with van der Waals surface area (Å²) in [6, 6.07) is 17.8. The summed E-state index contributed by atoms with van der Waals surface area (Å²) in [5, 5.41) is 0. The van der Waals surface area contributed by atoms with Gasteiger partial charge >= 0.3 is 12.4 Å². The number of hydrogen-bond donors (Lipinski definition) is 0. The molecule has 0 radical (unpaired) electrons. The van der Waals surface area contributed by atoms with Crippen LogP contribution < -0.4 is 0 Å². The summed E-state index contributed by atoms with van der Waals surface area (Å²) in [5.74, 6) is -0.0788. The zero-order valence-electron chi connectivity index (χ0n) is 21.9. The van der Waals surface area contributed by atoms with Crippen LogP contribution in [0.15, 0.2) is 72.8 Å². The maximum absolute atomic E-state index is 13.8. The molecular weight excluding hydrogens is 535 g/mol. The fraction of sp³-hybridized carbons (Fsp3) is 0.419. The molecule has 1 saturated heterocycles. The van der Waals surface area contributed by atoms with Crippen molar-refractivity contribution >= 4 is 0 Å². The number of fused-ring (bicyclic) bond motifs is 1. The summed E-state index contributed by atoms with van der Waals surface area (Å²) >= 11 is 0. The first kappa shape index (κ1) is 28.6. The molecule has 0 spiro atoms. The second-order valence-electron chi connectivity index (χ2n) is 10.9. The van der Waals surface area contributed by atoms with Crippen molar-refractivity contribution in [2.24, 2.45) is 11.8 Å². The van der Waals surface area contributed by atoms with Gasteiger partial charge in [0.25, 0.3) is 0 Å². The summed E-state index contributed by atoms with van der Waals surface area (Å²) in [6.07, 6.45) is -9.93. The highest BCUT2D eigenvalue weighted by Crippen LogP contribution is 2.48. The first-order valence-electron chi connectivity index (χ1n) is 13.3. The maximum atomic E-state index is 13.8. The van der Waals surface area contributed by atoms with Gasteiger partial charge in [-0.1, -0.05) is 42.5 Å². The van der Waals surface area contributed by atoms with E-state index >= 15 is 0 Å². The Morgan fingerprint density at radius 2 is 1.45 bits per heavy atom. The topological polar surface area (TPSA) is 12.5 Å². The van der Waals surface area contributed by atoms with Crippen LogP contribution in [0.3, 0.4) is 0 Å². The highest BCUT2D eigenvalue weighted by Gasteiger charge is 2.46. The van der Waals surface area contributed by atoms with Crippen LogP contribution in [0.2, 0.25) is 0 Å². The quantitative estimate of drug-likeness (QED) is 0.278. The van der Waals surface area contributed by atoms with Gasteiger partial charge in [0.1, 0.15) is 5.82 Å². The van der Waals surface area contributed by atoms with Crippen LogP contribution in [-0.2, 0) is 23.6 Å². The van der Waals surface area contributed by atoms with E-state index in [4.69, 9.17) is 4.74 Å². The molecule has 0 bridgehead atoms. The van der Waals surface area contributed by atoms with E-state index < -0.39 is 35.7 Å². The van der Waals surface area contributed by atoms with E-state index in [-0.39, 0.29) is 29.3 Å².